The third-order valence-electron chi connectivity index (χ3n) is 4.95. The highest BCUT2D eigenvalue weighted by atomic mass is 19.1. The standard InChI is InChI=1S/C22H27F2N3O2/c1-4-25-22(26-11-10-14-8-9-19(28-2)20(12-14)29-3)27-18-13-15(18)21-16(23)6-5-7-17(21)24/h5-9,12,15,18H,4,10-11,13H2,1-3H3,(H2,25,26,27). The summed E-state index contributed by atoms with van der Waals surface area (Å²) in [6.07, 6.45) is 1.41. The molecule has 0 saturated heterocycles. The fourth-order valence-corrected chi connectivity index (χ4v) is 3.37. The normalized spacial score (nSPS) is 18.3. The number of hydrogen-bond donors (Lipinski definition) is 2. The zero-order valence-corrected chi connectivity index (χ0v) is 17.0. The Morgan fingerprint density at radius 3 is 2.48 bits per heavy atom. The van der Waals surface area contributed by atoms with E-state index < -0.39 is 11.6 Å². The molecule has 2 unspecified atom stereocenters. The number of hydrogen-bond acceptors (Lipinski definition) is 3. The van der Waals surface area contributed by atoms with Crippen molar-refractivity contribution in [3.05, 3.63) is 59.2 Å². The number of halogens is 2. The Kier molecular flexibility index (Phi) is 6.90. The van der Waals surface area contributed by atoms with E-state index in [2.05, 4.69) is 15.6 Å². The summed E-state index contributed by atoms with van der Waals surface area (Å²) in [5, 5.41) is 6.47. The number of nitrogens with one attached hydrogen (secondary N) is 2. The minimum Gasteiger partial charge on any atom is -0.493 e. The van der Waals surface area contributed by atoms with E-state index in [0.717, 1.165) is 12.0 Å². The summed E-state index contributed by atoms with van der Waals surface area (Å²) in [7, 11) is 3.21. The molecule has 1 saturated carbocycles. The monoisotopic (exact) mass is 403 g/mol. The number of methoxy groups -OCH3 is 2. The fourth-order valence-electron chi connectivity index (χ4n) is 3.37. The zero-order valence-electron chi connectivity index (χ0n) is 17.0. The van der Waals surface area contributed by atoms with Crippen LogP contribution in [0, 0.1) is 11.6 Å². The van der Waals surface area contributed by atoms with Crippen LogP contribution in [0.25, 0.3) is 0 Å². The van der Waals surface area contributed by atoms with Gasteiger partial charge in [-0.1, -0.05) is 12.1 Å². The lowest BCUT2D eigenvalue weighted by Gasteiger charge is -2.12. The lowest BCUT2D eigenvalue weighted by molar-refractivity contribution is 0.354. The second kappa shape index (κ2) is 9.58. The Hall–Kier alpha value is -2.83. The van der Waals surface area contributed by atoms with Gasteiger partial charge >= 0.3 is 0 Å². The van der Waals surface area contributed by atoms with E-state index >= 15 is 0 Å². The largest absolute Gasteiger partial charge is 0.493 e. The molecule has 2 atom stereocenters. The van der Waals surface area contributed by atoms with Crippen molar-refractivity contribution in [2.45, 2.75) is 31.7 Å². The number of nitrogens with zero attached hydrogens (tertiary/aromatic N) is 1. The molecule has 2 aromatic rings. The summed E-state index contributed by atoms with van der Waals surface area (Å²) in [4.78, 5) is 4.59. The predicted octanol–water partition coefficient (Wildman–Crippen LogP) is 3.64. The van der Waals surface area contributed by atoms with Crippen LogP contribution in [-0.2, 0) is 6.42 Å². The van der Waals surface area contributed by atoms with Crippen molar-refractivity contribution in [3.63, 3.8) is 0 Å². The Morgan fingerprint density at radius 2 is 1.83 bits per heavy atom. The Bertz CT molecular complexity index is 853. The lowest BCUT2D eigenvalue weighted by atomic mass is 10.1. The molecular weight excluding hydrogens is 376 g/mol. The number of aliphatic imine (C=N–C) groups is 1. The topological polar surface area (TPSA) is 54.9 Å². The number of guanidine groups is 1. The van der Waals surface area contributed by atoms with Gasteiger partial charge in [0.05, 0.1) is 14.2 Å². The SMILES string of the molecule is CCNC(=NCCc1ccc(OC)c(OC)c1)NC1CC1c1c(F)cccc1F. The minimum absolute atomic E-state index is 0.0275. The van der Waals surface area contributed by atoms with Crippen LogP contribution < -0.4 is 20.1 Å². The van der Waals surface area contributed by atoms with E-state index in [9.17, 15) is 8.78 Å². The first kappa shape index (κ1) is 20.9. The molecule has 2 N–H and O–H groups in total. The molecule has 0 heterocycles. The Morgan fingerprint density at radius 1 is 1.10 bits per heavy atom. The number of rotatable bonds is 8. The molecule has 1 aliphatic carbocycles. The van der Waals surface area contributed by atoms with E-state index in [1.54, 1.807) is 14.2 Å². The van der Waals surface area contributed by atoms with Gasteiger partial charge in [0, 0.05) is 30.6 Å². The first-order valence-electron chi connectivity index (χ1n) is 9.77. The van der Waals surface area contributed by atoms with Crippen molar-refractivity contribution in [2.75, 3.05) is 27.3 Å². The highest BCUT2D eigenvalue weighted by molar-refractivity contribution is 5.80. The van der Waals surface area contributed by atoms with Crippen LogP contribution in [0.4, 0.5) is 8.78 Å². The molecule has 29 heavy (non-hydrogen) atoms. The van der Waals surface area contributed by atoms with Gasteiger partial charge in [0.25, 0.3) is 0 Å². The number of ether oxygens (including phenoxy) is 2. The van der Waals surface area contributed by atoms with E-state index in [1.165, 1.54) is 18.2 Å². The average molecular weight is 403 g/mol. The third kappa shape index (κ3) is 5.16. The highest BCUT2D eigenvalue weighted by Crippen LogP contribution is 2.43. The van der Waals surface area contributed by atoms with Crippen molar-refractivity contribution in [2.24, 2.45) is 4.99 Å². The second-order valence-electron chi connectivity index (χ2n) is 6.93. The molecular formula is C22H27F2N3O2. The summed E-state index contributed by atoms with van der Waals surface area (Å²) in [6, 6.07) is 9.76. The molecule has 2 aromatic carbocycles. The van der Waals surface area contributed by atoms with E-state index in [-0.39, 0.29) is 17.5 Å². The first-order valence-corrected chi connectivity index (χ1v) is 9.77. The molecule has 1 aliphatic rings. The Labute approximate surface area is 170 Å². The smallest absolute Gasteiger partial charge is 0.191 e. The maximum Gasteiger partial charge on any atom is 0.191 e. The van der Waals surface area contributed by atoms with E-state index in [4.69, 9.17) is 9.47 Å². The summed E-state index contributed by atoms with van der Waals surface area (Å²) in [5.74, 6) is 0.870. The zero-order chi connectivity index (χ0) is 20.8. The van der Waals surface area contributed by atoms with E-state index in [0.29, 0.717) is 37.0 Å². The first-order chi connectivity index (χ1) is 14.1. The fraction of sp³-hybridized carbons (Fsp3) is 0.409. The minimum atomic E-state index is -0.491. The molecule has 3 rings (SSSR count). The molecule has 0 aliphatic heterocycles. The maximum absolute atomic E-state index is 14.0. The van der Waals surface area contributed by atoms with Crippen LogP contribution in [-0.4, -0.2) is 39.3 Å². The van der Waals surface area contributed by atoms with Crippen LogP contribution in [0.3, 0.4) is 0 Å². The second-order valence-corrected chi connectivity index (χ2v) is 6.93. The van der Waals surface area contributed by atoms with Gasteiger partial charge in [-0.15, -0.1) is 0 Å². The average Bonchev–Trinajstić information content (AvgIpc) is 3.46. The maximum atomic E-state index is 14.0. The van der Waals surface area contributed by atoms with Crippen molar-refractivity contribution in [1.29, 1.82) is 0 Å². The predicted molar refractivity (Wildman–Crippen MR) is 110 cm³/mol. The molecule has 0 radical (unpaired) electrons. The summed E-state index contributed by atoms with van der Waals surface area (Å²) >= 11 is 0. The summed E-state index contributed by atoms with van der Waals surface area (Å²) < 4.78 is 38.5. The summed E-state index contributed by atoms with van der Waals surface area (Å²) in [6.45, 7) is 3.25. The van der Waals surface area contributed by atoms with Gasteiger partial charge in [0.15, 0.2) is 17.5 Å². The molecule has 7 heteroatoms. The molecule has 0 amide bonds. The Balaban J connectivity index is 1.60. The van der Waals surface area contributed by atoms with Gasteiger partial charge < -0.3 is 20.1 Å². The van der Waals surface area contributed by atoms with Gasteiger partial charge in [0.1, 0.15) is 11.6 Å². The highest BCUT2D eigenvalue weighted by Gasteiger charge is 2.42. The third-order valence-corrected chi connectivity index (χ3v) is 4.95. The quantitative estimate of drug-likeness (QED) is 0.522. The molecule has 0 aromatic heterocycles. The molecule has 0 spiro atoms. The molecule has 1 fully saturated rings. The van der Waals surface area contributed by atoms with Crippen molar-refractivity contribution in [1.82, 2.24) is 10.6 Å². The summed E-state index contributed by atoms with van der Waals surface area (Å²) in [5.41, 5.74) is 1.24. The molecule has 156 valence electrons. The molecule has 5 nitrogen and oxygen atoms in total. The van der Waals surface area contributed by atoms with Crippen molar-refractivity contribution >= 4 is 5.96 Å². The lowest BCUT2D eigenvalue weighted by Crippen LogP contribution is -2.39. The van der Waals surface area contributed by atoms with Gasteiger partial charge in [-0.3, -0.25) is 4.99 Å². The van der Waals surface area contributed by atoms with Crippen LogP contribution in [0.15, 0.2) is 41.4 Å². The van der Waals surface area contributed by atoms with E-state index in [1.807, 2.05) is 25.1 Å². The van der Waals surface area contributed by atoms with Crippen LogP contribution in [0.2, 0.25) is 0 Å². The van der Waals surface area contributed by atoms with Crippen LogP contribution in [0.5, 0.6) is 11.5 Å². The van der Waals surface area contributed by atoms with Crippen LogP contribution in [0.1, 0.15) is 30.4 Å². The van der Waals surface area contributed by atoms with Crippen molar-refractivity contribution < 1.29 is 18.3 Å². The van der Waals surface area contributed by atoms with Gasteiger partial charge in [-0.2, -0.15) is 0 Å². The van der Waals surface area contributed by atoms with Gasteiger partial charge in [-0.05, 0) is 49.6 Å². The van der Waals surface area contributed by atoms with Crippen LogP contribution >= 0.6 is 0 Å². The van der Waals surface area contributed by atoms with Gasteiger partial charge in [-0.25, -0.2) is 8.78 Å². The molecule has 0 bridgehead atoms. The van der Waals surface area contributed by atoms with Crippen molar-refractivity contribution in [3.8, 4) is 11.5 Å². The number of benzene rings is 2. The van der Waals surface area contributed by atoms with Gasteiger partial charge in [0.2, 0.25) is 0 Å².